The van der Waals surface area contributed by atoms with Crippen LogP contribution in [0.2, 0.25) is 0 Å². The Kier molecular flexibility index (Phi) is 5.34. The zero-order valence-corrected chi connectivity index (χ0v) is 14.1. The van der Waals surface area contributed by atoms with Crippen molar-refractivity contribution in [1.29, 1.82) is 0 Å². The average Bonchev–Trinajstić information content (AvgIpc) is 2.98. The van der Waals surface area contributed by atoms with Gasteiger partial charge in [0.1, 0.15) is 18.2 Å². The molecule has 2 aromatic rings. The van der Waals surface area contributed by atoms with Crippen molar-refractivity contribution in [3.8, 4) is 17.0 Å². The highest BCUT2D eigenvalue weighted by molar-refractivity contribution is 5.66. The number of benzene rings is 1. The van der Waals surface area contributed by atoms with E-state index in [0.717, 1.165) is 35.3 Å². The van der Waals surface area contributed by atoms with E-state index in [1.165, 1.54) is 32.1 Å². The molecule has 0 unspecified atom stereocenters. The number of hydrogen-bond acceptors (Lipinski definition) is 3. The van der Waals surface area contributed by atoms with Gasteiger partial charge in [-0.2, -0.15) is 0 Å². The van der Waals surface area contributed by atoms with Gasteiger partial charge in [0.15, 0.2) is 0 Å². The van der Waals surface area contributed by atoms with Crippen molar-refractivity contribution < 1.29 is 9.47 Å². The molecule has 0 spiro atoms. The third-order valence-electron chi connectivity index (χ3n) is 4.70. The molecule has 3 rings (SSSR count). The number of aromatic nitrogens is 2. The number of imidazole rings is 1. The minimum absolute atomic E-state index is 0.544. The van der Waals surface area contributed by atoms with E-state index in [-0.39, 0.29) is 0 Å². The largest absolute Gasteiger partial charge is 0.496 e. The summed E-state index contributed by atoms with van der Waals surface area (Å²) in [6, 6.07) is 8.04. The lowest BCUT2D eigenvalue weighted by atomic mass is 9.89. The Hall–Kier alpha value is -1.81. The van der Waals surface area contributed by atoms with Gasteiger partial charge in [-0.05, 0) is 30.9 Å². The summed E-state index contributed by atoms with van der Waals surface area (Å²) in [5.74, 6) is 2.62. The van der Waals surface area contributed by atoms with E-state index in [1.54, 1.807) is 14.2 Å². The molecular weight excluding hydrogens is 288 g/mol. The molecule has 124 valence electrons. The molecule has 1 aliphatic rings. The number of hydrogen-bond donors (Lipinski definition) is 0. The zero-order valence-electron chi connectivity index (χ0n) is 14.1. The maximum absolute atomic E-state index is 5.48. The first kappa shape index (κ1) is 16.1. The van der Waals surface area contributed by atoms with E-state index in [9.17, 15) is 0 Å². The summed E-state index contributed by atoms with van der Waals surface area (Å²) in [5.41, 5.74) is 2.00. The Morgan fingerprint density at radius 3 is 2.65 bits per heavy atom. The molecule has 0 aliphatic heterocycles. The molecule has 1 fully saturated rings. The van der Waals surface area contributed by atoms with E-state index in [4.69, 9.17) is 14.5 Å². The molecule has 0 bridgehead atoms. The first-order chi connectivity index (χ1) is 11.3. The van der Waals surface area contributed by atoms with Crippen LogP contribution in [0.15, 0.2) is 30.5 Å². The van der Waals surface area contributed by atoms with Crippen LogP contribution < -0.4 is 4.74 Å². The van der Waals surface area contributed by atoms with Crippen LogP contribution in [0.1, 0.15) is 37.9 Å². The fourth-order valence-corrected chi connectivity index (χ4v) is 3.49. The van der Waals surface area contributed by atoms with Gasteiger partial charge in [0.25, 0.3) is 0 Å². The van der Waals surface area contributed by atoms with Crippen LogP contribution in [-0.4, -0.2) is 23.8 Å². The summed E-state index contributed by atoms with van der Waals surface area (Å²) in [6.07, 6.45) is 8.92. The fourth-order valence-electron chi connectivity index (χ4n) is 3.49. The molecule has 4 heteroatoms. The highest BCUT2D eigenvalue weighted by Gasteiger charge is 2.18. The van der Waals surface area contributed by atoms with Gasteiger partial charge in [0.2, 0.25) is 0 Å². The van der Waals surface area contributed by atoms with Crippen molar-refractivity contribution in [2.45, 2.75) is 45.3 Å². The van der Waals surface area contributed by atoms with Gasteiger partial charge in [-0.3, -0.25) is 0 Å². The first-order valence-corrected chi connectivity index (χ1v) is 8.50. The van der Waals surface area contributed by atoms with Crippen molar-refractivity contribution in [3.05, 3.63) is 36.3 Å². The minimum atomic E-state index is 0.544. The lowest BCUT2D eigenvalue weighted by Crippen LogP contribution is -2.15. The highest BCUT2D eigenvalue weighted by Crippen LogP contribution is 2.30. The first-order valence-electron chi connectivity index (χ1n) is 8.50. The summed E-state index contributed by atoms with van der Waals surface area (Å²) in [5, 5.41) is 0. The second kappa shape index (κ2) is 7.64. The normalized spacial score (nSPS) is 15.7. The van der Waals surface area contributed by atoms with Gasteiger partial charge in [0, 0.05) is 25.4 Å². The molecule has 1 aliphatic carbocycles. The summed E-state index contributed by atoms with van der Waals surface area (Å²) in [6.45, 7) is 1.59. The molecule has 0 amide bonds. The molecule has 1 saturated carbocycles. The number of rotatable bonds is 6. The van der Waals surface area contributed by atoms with Crippen LogP contribution in [0.25, 0.3) is 11.3 Å². The Morgan fingerprint density at radius 1 is 1.13 bits per heavy atom. The van der Waals surface area contributed by atoms with E-state index >= 15 is 0 Å². The van der Waals surface area contributed by atoms with Crippen LogP contribution in [-0.2, 0) is 17.9 Å². The van der Waals surface area contributed by atoms with Crippen molar-refractivity contribution in [1.82, 2.24) is 9.55 Å². The quantitative estimate of drug-likeness (QED) is 0.798. The SMILES string of the molecule is COCc1nc(-c2ccccc2OC)cn1CC1CCCCC1. The molecule has 0 radical (unpaired) electrons. The second-order valence-electron chi connectivity index (χ2n) is 6.33. The molecule has 0 saturated heterocycles. The number of nitrogens with zero attached hydrogens (tertiary/aromatic N) is 2. The maximum Gasteiger partial charge on any atom is 0.135 e. The molecule has 0 atom stereocenters. The van der Waals surface area contributed by atoms with E-state index in [1.807, 2.05) is 18.2 Å². The number of ether oxygens (including phenoxy) is 2. The third kappa shape index (κ3) is 3.75. The van der Waals surface area contributed by atoms with Gasteiger partial charge in [-0.1, -0.05) is 31.4 Å². The van der Waals surface area contributed by atoms with Gasteiger partial charge in [-0.15, -0.1) is 0 Å². The van der Waals surface area contributed by atoms with Crippen LogP contribution in [0, 0.1) is 5.92 Å². The maximum atomic E-state index is 5.48. The second-order valence-corrected chi connectivity index (χ2v) is 6.33. The molecule has 4 nitrogen and oxygen atoms in total. The molecule has 0 N–H and O–H groups in total. The Balaban J connectivity index is 1.88. The van der Waals surface area contributed by atoms with Gasteiger partial charge in [0.05, 0.1) is 12.8 Å². The minimum Gasteiger partial charge on any atom is -0.496 e. The van der Waals surface area contributed by atoms with Crippen molar-refractivity contribution in [2.24, 2.45) is 5.92 Å². The third-order valence-corrected chi connectivity index (χ3v) is 4.70. The van der Waals surface area contributed by atoms with E-state index < -0.39 is 0 Å². The highest BCUT2D eigenvalue weighted by atomic mass is 16.5. The standard InChI is InChI=1S/C19H26N2O2/c1-22-14-19-20-17(16-10-6-7-11-18(16)23-2)13-21(19)12-15-8-4-3-5-9-15/h6-7,10-11,13,15H,3-5,8-9,12,14H2,1-2H3. The summed E-state index contributed by atoms with van der Waals surface area (Å²) >= 11 is 0. The summed E-state index contributed by atoms with van der Waals surface area (Å²) < 4.78 is 13.1. The predicted molar refractivity (Wildman–Crippen MR) is 91.5 cm³/mol. The zero-order chi connectivity index (χ0) is 16.1. The van der Waals surface area contributed by atoms with Crippen LogP contribution >= 0.6 is 0 Å². The predicted octanol–water partition coefficient (Wildman–Crippen LogP) is 4.29. The van der Waals surface area contributed by atoms with E-state index in [2.05, 4.69) is 16.8 Å². The van der Waals surface area contributed by atoms with Gasteiger partial charge < -0.3 is 14.0 Å². The topological polar surface area (TPSA) is 36.3 Å². The fraction of sp³-hybridized carbons (Fsp3) is 0.526. The number of methoxy groups -OCH3 is 2. The molecule has 1 aromatic carbocycles. The molecule has 1 aromatic heterocycles. The average molecular weight is 314 g/mol. The number of para-hydroxylation sites is 1. The van der Waals surface area contributed by atoms with Crippen molar-refractivity contribution in [2.75, 3.05) is 14.2 Å². The smallest absolute Gasteiger partial charge is 0.135 e. The van der Waals surface area contributed by atoms with Crippen LogP contribution in [0.3, 0.4) is 0 Å². The Labute approximate surface area is 138 Å². The van der Waals surface area contributed by atoms with E-state index in [0.29, 0.717) is 6.61 Å². The molecular formula is C19H26N2O2. The summed E-state index contributed by atoms with van der Waals surface area (Å²) in [4.78, 5) is 4.80. The molecule has 23 heavy (non-hydrogen) atoms. The van der Waals surface area contributed by atoms with Crippen molar-refractivity contribution in [3.63, 3.8) is 0 Å². The summed E-state index contributed by atoms with van der Waals surface area (Å²) in [7, 11) is 3.43. The van der Waals surface area contributed by atoms with Crippen LogP contribution in [0.5, 0.6) is 5.75 Å². The monoisotopic (exact) mass is 314 g/mol. The Bertz CT molecular complexity index is 630. The van der Waals surface area contributed by atoms with Gasteiger partial charge in [-0.25, -0.2) is 4.98 Å². The van der Waals surface area contributed by atoms with Crippen LogP contribution in [0.4, 0.5) is 0 Å². The lowest BCUT2D eigenvalue weighted by molar-refractivity contribution is 0.171. The lowest BCUT2D eigenvalue weighted by Gasteiger charge is -2.22. The van der Waals surface area contributed by atoms with Gasteiger partial charge >= 0.3 is 0 Å². The molecule has 1 heterocycles. The van der Waals surface area contributed by atoms with Crippen molar-refractivity contribution >= 4 is 0 Å². The Morgan fingerprint density at radius 2 is 1.91 bits per heavy atom.